The lowest BCUT2D eigenvalue weighted by Gasteiger charge is -2.38. The van der Waals surface area contributed by atoms with Crippen LogP contribution in [0.15, 0.2) is 61.0 Å². The topological polar surface area (TPSA) is 86.4 Å². The maximum atomic E-state index is 12.9. The number of aldehydes is 1. The fourth-order valence-corrected chi connectivity index (χ4v) is 3.22. The summed E-state index contributed by atoms with van der Waals surface area (Å²) in [6.07, 6.45) is 8.14. The van der Waals surface area contributed by atoms with Crippen LogP contribution in [-0.4, -0.2) is 63.5 Å². The Morgan fingerprint density at radius 2 is 1.91 bits per heavy atom. The number of halogens is 2. The van der Waals surface area contributed by atoms with Crippen LogP contribution in [0.25, 0.3) is 10.9 Å². The van der Waals surface area contributed by atoms with Gasteiger partial charge in [-0.1, -0.05) is 12.2 Å². The molecule has 1 saturated heterocycles. The zero-order valence-electron chi connectivity index (χ0n) is 18.7. The van der Waals surface area contributed by atoms with Gasteiger partial charge in [0.1, 0.15) is 4.60 Å². The van der Waals surface area contributed by atoms with Crippen molar-refractivity contribution in [3.8, 4) is 0 Å². The monoisotopic (exact) mass is 508 g/mol. The molecule has 7 nitrogen and oxygen atoms in total. The van der Waals surface area contributed by atoms with Crippen LogP contribution >= 0.6 is 15.9 Å². The van der Waals surface area contributed by atoms with Crippen molar-refractivity contribution in [1.29, 1.82) is 0 Å². The summed E-state index contributed by atoms with van der Waals surface area (Å²) in [4.78, 5) is 43.0. The van der Waals surface area contributed by atoms with E-state index in [2.05, 4.69) is 45.6 Å². The van der Waals surface area contributed by atoms with Gasteiger partial charge in [0.05, 0.1) is 11.7 Å². The number of aromatic amines is 1. The highest BCUT2D eigenvalue weighted by Crippen LogP contribution is 2.21. The van der Waals surface area contributed by atoms with Crippen LogP contribution < -0.4 is 0 Å². The average Bonchev–Trinajstić information content (AvgIpc) is 3.30. The minimum Gasteiger partial charge on any atom is -0.359 e. The summed E-state index contributed by atoms with van der Waals surface area (Å²) in [5.74, 6) is -0.859. The van der Waals surface area contributed by atoms with Gasteiger partial charge in [-0.05, 0) is 48.8 Å². The van der Waals surface area contributed by atoms with Gasteiger partial charge >= 0.3 is 0 Å². The highest BCUT2D eigenvalue weighted by molar-refractivity contribution is 9.10. The van der Waals surface area contributed by atoms with Gasteiger partial charge in [0.15, 0.2) is 5.82 Å². The van der Waals surface area contributed by atoms with Crippen molar-refractivity contribution in [2.24, 2.45) is 0 Å². The van der Waals surface area contributed by atoms with Gasteiger partial charge in [-0.15, -0.1) is 19.7 Å². The molecule has 1 aliphatic rings. The predicted molar refractivity (Wildman–Crippen MR) is 130 cm³/mol. The van der Waals surface area contributed by atoms with E-state index in [1.54, 1.807) is 36.2 Å². The number of carbonyl (C=O) groups is 3. The first-order chi connectivity index (χ1) is 15.3. The Hall–Kier alpha value is -3.07. The summed E-state index contributed by atoms with van der Waals surface area (Å²) in [6.45, 7) is 16.2. The molecule has 2 amide bonds. The molecule has 1 aliphatic heterocycles. The van der Waals surface area contributed by atoms with Crippen LogP contribution in [0.4, 0.5) is 4.39 Å². The molecule has 1 atom stereocenters. The molecule has 174 valence electrons. The fraction of sp³-hybridized carbons (Fsp3) is 0.304. The Kier molecular flexibility index (Phi) is 14.2. The number of amides is 2. The summed E-state index contributed by atoms with van der Waals surface area (Å²) in [6, 6.07) is 1.62. The smallest absolute Gasteiger partial charge is 0.286 e. The van der Waals surface area contributed by atoms with Gasteiger partial charge in [-0.3, -0.25) is 14.4 Å². The first kappa shape index (κ1) is 28.9. The molecule has 0 spiro atoms. The van der Waals surface area contributed by atoms with Crippen LogP contribution in [-0.2, 0) is 14.4 Å². The molecule has 1 N–H and O–H groups in total. The number of rotatable bonds is 2. The first-order valence-electron chi connectivity index (χ1n) is 9.82. The Labute approximate surface area is 196 Å². The van der Waals surface area contributed by atoms with Crippen molar-refractivity contribution in [2.75, 3.05) is 19.6 Å². The van der Waals surface area contributed by atoms with Crippen molar-refractivity contribution < 1.29 is 18.8 Å². The van der Waals surface area contributed by atoms with Crippen molar-refractivity contribution in [3.05, 3.63) is 66.8 Å². The van der Waals surface area contributed by atoms with Crippen molar-refractivity contribution in [2.45, 2.75) is 26.8 Å². The van der Waals surface area contributed by atoms with Crippen LogP contribution in [0.2, 0.25) is 0 Å². The predicted octanol–water partition coefficient (Wildman–Crippen LogP) is 4.28. The molecule has 0 aliphatic carbocycles. The van der Waals surface area contributed by atoms with E-state index in [9.17, 15) is 18.8 Å². The number of carbonyl (C=O) groups excluding carboxylic acids is 3. The molecule has 9 heteroatoms. The van der Waals surface area contributed by atoms with Gasteiger partial charge in [0, 0.05) is 37.3 Å². The third kappa shape index (κ3) is 8.58. The number of nitrogens with zero attached hydrogens (tertiary/aromatic N) is 3. The minimum atomic E-state index is -0.509. The van der Waals surface area contributed by atoms with Gasteiger partial charge in [0.25, 0.3) is 5.91 Å². The molecular formula is C23H30BrFN4O3. The fourth-order valence-electron chi connectivity index (χ4n) is 2.78. The summed E-state index contributed by atoms with van der Waals surface area (Å²) < 4.78 is 13.5. The van der Waals surface area contributed by atoms with E-state index in [-0.39, 0.29) is 17.8 Å². The molecule has 0 unspecified atom stereocenters. The summed E-state index contributed by atoms with van der Waals surface area (Å²) in [5.41, 5.74) is 0.699. The maximum absolute atomic E-state index is 12.9. The van der Waals surface area contributed by atoms with Gasteiger partial charge in [-0.25, -0.2) is 9.37 Å². The van der Waals surface area contributed by atoms with E-state index in [0.29, 0.717) is 41.4 Å². The highest BCUT2D eigenvalue weighted by Gasteiger charge is 2.28. The Balaban J connectivity index is 0.000000519. The Morgan fingerprint density at radius 3 is 2.41 bits per heavy atom. The van der Waals surface area contributed by atoms with E-state index < -0.39 is 5.91 Å². The number of aromatic nitrogens is 2. The quantitative estimate of drug-likeness (QED) is 0.215. The standard InChI is InChI=1S/C11H16N2O3.C7H4BrFN2.C3H6.C2H4/c1-3-4-10(15)13-6-5-12(7-9(13)2)11(16)8-14;8-7-6-4(1-2-10-6)5(9)3-11-7;1-3-2;1-2/h3-4,8-9H,5-7H2,1-2H3;1-3,10H;3H,1H2,2H3;1-2H2/b4-3+;;;/t9-;;;/m1.../s1. The normalized spacial score (nSPS) is 14.8. The third-order valence-corrected chi connectivity index (χ3v) is 4.74. The number of piperazine rings is 1. The van der Waals surface area contributed by atoms with Gasteiger partial charge < -0.3 is 14.8 Å². The van der Waals surface area contributed by atoms with Crippen LogP contribution in [0.1, 0.15) is 20.8 Å². The number of allylic oxidation sites excluding steroid dienone is 2. The molecule has 0 radical (unpaired) electrons. The van der Waals surface area contributed by atoms with Crippen molar-refractivity contribution in [3.63, 3.8) is 0 Å². The van der Waals surface area contributed by atoms with E-state index in [4.69, 9.17) is 0 Å². The zero-order chi connectivity index (χ0) is 24.7. The van der Waals surface area contributed by atoms with Gasteiger partial charge in [-0.2, -0.15) is 0 Å². The molecule has 0 bridgehead atoms. The molecule has 3 heterocycles. The van der Waals surface area contributed by atoms with Crippen LogP contribution in [0.5, 0.6) is 0 Å². The Bertz CT molecular complexity index is 893. The number of pyridine rings is 1. The average molecular weight is 509 g/mol. The number of hydrogen-bond acceptors (Lipinski definition) is 4. The molecule has 2 aromatic heterocycles. The molecular weight excluding hydrogens is 479 g/mol. The lowest BCUT2D eigenvalue weighted by atomic mass is 10.2. The highest BCUT2D eigenvalue weighted by atomic mass is 79.9. The van der Waals surface area contributed by atoms with Crippen molar-refractivity contribution in [1.82, 2.24) is 19.8 Å². The molecule has 32 heavy (non-hydrogen) atoms. The molecule has 3 rings (SSSR count). The molecule has 0 saturated carbocycles. The second kappa shape index (κ2) is 15.7. The summed E-state index contributed by atoms with van der Waals surface area (Å²) >= 11 is 3.20. The largest absolute Gasteiger partial charge is 0.359 e. The van der Waals surface area contributed by atoms with E-state index in [1.807, 2.05) is 13.8 Å². The van der Waals surface area contributed by atoms with E-state index in [1.165, 1.54) is 17.2 Å². The molecule has 1 fully saturated rings. The minimum absolute atomic E-state index is 0.0480. The maximum Gasteiger partial charge on any atom is 0.286 e. The number of fused-ring (bicyclic) bond motifs is 1. The van der Waals surface area contributed by atoms with E-state index in [0.717, 1.165) is 0 Å². The van der Waals surface area contributed by atoms with E-state index >= 15 is 0 Å². The Morgan fingerprint density at radius 1 is 1.28 bits per heavy atom. The third-order valence-electron chi connectivity index (χ3n) is 4.13. The summed E-state index contributed by atoms with van der Waals surface area (Å²) in [7, 11) is 0. The van der Waals surface area contributed by atoms with Crippen molar-refractivity contribution >= 4 is 44.9 Å². The number of nitrogens with one attached hydrogen (secondary N) is 1. The number of H-pyrrole nitrogens is 1. The van der Waals surface area contributed by atoms with Crippen LogP contribution in [0.3, 0.4) is 0 Å². The second-order valence-corrected chi connectivity index (χ2v) is 7.11. The zero-order valence-corrected chi connectivity index (χ0v) is 20.3. The molecule has 0 aromatic carbocycles. The lowest BCUT2D eigenvalue weighted by Crippen LogP contribution is -2.55. The lowest BCUT2D eigenvalue weighted by molar-refractivity contribution is -0.143. The second-order valence-electron chi connectivity index (χ2n) is 6.35. The SMILES string of the molecule is C/C=C/C(=O)N1CCN(C(=O)C=O)C[C@H]1C.C=C.C=CC.Fc1cnc(Br)c2[nH]ccc12. The number of hydrogen-bond donors (Lipinski definition) is 1. The van der Waals surface area contributed by atoms with Crippen LogP contribution in [0, 0.1) is 5.82 Å². The molecule has 2 aromatic rings. The summed E-state index contributed by atoms with van der Waals surface area (Å²) in [5, 5.41) is 0.562. The first-order valence-corrected chi connectivity index (χ1v) is 10.6. The van der Waals surface area contributed by atoms with Gasteiger partial charge in [0.2, 0.25) is 12.2 Å².